The first-order valence-electron chi connectivity index (χ1n) is 1.96. The summed E-state index contributed by atoms with van der Waals surface area (Å²) in [6.45, 7) is 0. The topological polar surface area (TPSA) is 43.4 Å². The summed E-state index contributed by atoms with van der Waals surface area (Å²) in [5.41, 5.74) is 0. The third-order valence-corrected chi connectivity index (χ3v) is 0.629. The highest BCUT2D eigenvalue weighted by atomic mass is 19.1. The van der Waals surface area contributed by atoms with Gasteiger partial charge in [-0.25, -0.2) is 4.98 Å². The molecule has 0 N–H and O–H groups in total. The molecule has 2 nitrogen and oxygen atoms in total. The molecule has 0 saturated heterocycles. The Morgan fingerprint density at radius 3 is 2.38 bits per heavy atom. The molecule has 3 radical (unpaired) electrons. The summed E-state index contributed by atoms with van der Waals surface area (Å²) in [4.78, 5) is 3.31. The van der Waals surface area contributed by atoms with Gasteiger partial charge in [0, 0.05) is 12.3 Å². The van der Waals surface area contributed by atoms with Crippen molar-refractivity contribution >= 4 is 0 Å². The van der Waals surface area contributed by atoms with E-state index >= 15 is 0 Å². The van der Waals surface area contributed by atoms with Crippen LogP contribution in [0.1, 0.15) is 0 Å². The van der Waals surface area contributed by atoms with E-state index in [0.717, 1.165) is 0 Å². The van der Waals surface area contributed by atoms with Crippen LogP contribution in [0.15, 0.2) is 24.4 Å². The summed E-state index contributed by atoms with van der Waals surface area (Å²) in [6.07, 6.45) is 1.41. The van der Waals surface area contributed by atoms with E-state index in [2.05, 4.69) is 4.98 Å². The summed E-state index contributed by atoms with van der Waals surface area (Å²) >= 11 is 0. The lowest BCUT2D eigenvalue weighted by molar-refractivity contribution is 0.584. The smallest absolute Gasteiger partial charge is 0.212 e. The van der Waals surface area contributed by atoms with Crippen LogP contribution in [0, 0.1) is 5.95 Å². The van der Waals surface area contributed by atoms with Crippen molar-refractivity contribution in [2.75, 3.05) is 0 Å². The van der Waals surface area contributed by atoms with Crippen LogP contribution in [-0.4, -0.2) is 4.98 Å². The maximum Gasteiger partial charge on any atom is 0.212 e. The molecule has 0 aliphatic rings. The molecule has 8 heavy (non-hydrogen) atoms. The zero-order chi connectivity index (χ0) is 5.11. The van der Waals surface area contributed by atoms with Gasteiger partial charge in [0.25, 0.3) is 0 Å². The average molecular weight is 111 g/mol. The molecule has 1 aromatic heterocycles. The number of hydrogen-bond donors (Lipinski definition) is 0. The van der Waals surface area contributed by atoms with Crippen molar-refractivity contribution in [2.24, 2.45) is 0 Å². The number of halogens is 1. The maximum atomic E-state index is 11.8. The molecular weight excluding hydrogens is 107 g/mol. The summed E-state index contributed by atoms with van der Waals surface area (Å²) in [7, 11) is 0. The van der Waals surface area contributed by atoms with Crippen molar-refractivity contribution in [3.8, 4) is 0 Å². The first kappa shape index (κ1) is 7.04. The third kappa shape index (κ3) is 1.66. The van der Waals surface area contributed by atoms with Gasteiger partial charge in [0.1, 0.15) is 0 Å². The van der Waals surface area contributed by atoms with Crippen LogP contribution >= 0.6 is 0 Å². The van der Waals surface area contributed by atoms with Crippen LogP contribution in [0.2, 0.25) is 0 Å². The Morgan fingerprint density at radius 2 is 2.12 bits per heavy atom. The van der Waals surface area contributed by atoms with Crippen LogP contribution in [0.25, 0.3) is 0 Å². The number of aromatic nitrogens is 1. The van der Waals surface area contributed by atoms with E-state index in [0.29, 0.717) is 0 Å². The van der Waals surface area contributed by atoms with E-state index in [1.54, 1.807) is 12.1 Å². The monoisotopic (exact) mass is 111 g/mol. The van der Waals surface area contributed by atoms with Crippen molar-refractivity contribution in [2.45, 2.75) is 0 Å². The van der Waals surface area contributed by atoms with Crippen molar-refractivity contribution in [1.29, 1.82) is 0 Å². The lowest BCUT2D eigenvalue weighted by Gasteiger charge is -1.78. The van der Waals surface area contributed by atoms with E-state index < -0.39 is 5.95 Å². The molecule has 41 valence electrons. The Kier molecular flexibility index (Phi) is 2.72. The largest absolute Gasteiger partial charge is 0.228 e. The third-order valence-electron chi connectivity index (χ3n) is 0.629. The lowest BCUT2D eigenvalue weighted by atomic mass is 10.5. The minimum absolute atomic E-state index is 0. The summed E-state index contributed by atoms with van der Waals surface area (Å²) in [5, 5.41) is 0. The Hall–Kier alpha value is -0.960. The molecule has 0 aliphatic carbocycles. The number of hydrogen-bond acceptors (Lipinski definition) is 1. The highest BCUT2D eigenvalue weighted by Gasteiger charge is 1.78. The standard InChI is InChI=1S/C5H4FN.N/c6-5-3-1-2-4-7-5;/h1-4H;. The minimum atomic E-state index is -0.428. The predicted octanol–water partition coefficient (Wildman–Crippen LogP) is 0.740. The highest BCUT2D eigenvalue weighted by molar-refractivity contribution is 4.90. The Morgan fingerprint density at radius 1 is 1.38 bits per heavy atom. The van der Waals surface area contributed by atoms with Gasteiger partial charge in [0.05, 0.1) is 0 Å². The minimum Gasteiger partial charge on any atom is -0.228 e. The van der Waals surface area contributed by atoms with E-state index in [1.165, 1.54) is 12.3 Å². The second-order valence-corrected chi connectivity index (χ2v) is 1.15. The van der Waals surface area contributed by atoms with Crippen LogP contribution in [0.3, 0.4) is 0 Å². The fraction of sp³-hybridized carbons (Fsp3) is 0. The molecule has 0 amide bonds. The molecule has 1 aromatic rings. The molecular formula is C5H4FN2. The van der Waals surface area contributed by atoms with Gasteiger partial charge in [-0.1, -0.05) is 6.07 Å². The molecule has 1 heterocycles. The first-order chi connectivity index (χ1) is 3.39. The van der Waals surface area contributed by atoms with Gasteiger partial charge in [0.2, 0.25) is 5.95 Å². The van der Waals surface area contributed by atoms with Crippen LogP contribution in [-0.2, 0) is 0 Å². The Bertz CT molecular complexity index is 140. The molecule has 1 rings (SSSR count). The second kappa shape index (κ2) is 3.10. The lowest BCUT2D eigenvalue weighted by Crippen LogP contribution is -1.73. The molecule has 0 aromatic carbocycles. The number of rotatable bonds is 0. The van der Waals surface area contributed by atoms with Crippen LogP contribution in [0.4, 0.5) is 4.39 Å². The van der Waals surface area contributed by atoms with Crippen molar-refractivity contribution in [3.63, 3.8) is 0 Å². The Labute approximate surface area is 47.0 Å². The molecule has 0 spiro atoms. The molecule has 0 atom stereocenters. The summed E-state index contributed by atoms with van der Waals surface area (Å²) < 4.78 is 11.8. The predicted molar refractivity (Wildman–Crippen MR) is 26.3 cm³/mol. The second-order valence-electron chi connectivity index (χ2n) is 1.15. The Balaban J connectivity index is 0.000000490. The number of nitrogens with zero attached hydrogens (tertiary/aromatic N) is 2. The first-order valence-corrected chi connectivity index (χ1v) is 1.96. The maximum absolute atomic E-state index is 11.8. The molecule has 0 unspecified atom stereocenters. The SMILES string of the molecule is Fc1ccccn1.[N]. The van der Waals surface area contributed by atoms with E-state index in [4.69, 9.17) is 0 Å². The fourth-order valence-electron chi connectivity index (χ4n) is 0.342. The normalized spacial score (nSPS) is 7.62. The van der Waals surface area contributed by atoms with Crippen LogP contribution < -0.4 is 6.15 Å². The summed E-state index contributed by atoms with van der Waals surface area (Å²) in [6, 6.07) is 4.57. The highest BCUT2D eigenvalue weighted by Crippen LogP contribution is 1.85. The van der Waals surface area contributed by atoms with Crippen molar-refractivity contribution < 1.29 is 4.39 Å². The van der Waals surface area contributed by atoms with E-state index in [1.807, 2.05) is 0 Å². The van der Waals surface area contributed by atoms with E-state index in [9.17, 15) is 4.39 Å². The van der Waals surface area contributed by atoms with Gasteiger partial charge in [-0.05, 0) is 12.1 Å². The van der Waals surface area contributed by atoms with E-state index in [-0.39, 0.29) is 6.15 Å². The molecule has 0 bridgehead atoms. The average Bonchev–Trinajstić information content (AvgIpc) is 1.69. The fourth-order valence-corrected chi connectivity index (χ4v) is 0.342. The molecule has 0 fully saturated rings. The van der Waals surface area contributed by atoms with Crippen molar-refractivity contribution in [3.05, 3.63) is 30.3 Å². The van der Waals surface area contributed by atoms with Gasteiger partial charge in [-0.3, -0.25) is 0 Å². The van der Waals surface area contributed by atoms with Crippen molar-refractivity contribution in [1.82, 2.24) is 11.1 Å². The number of pyridine rings is 1. The zero-order valence-electron chi connectivity index (χ0n) is 4.08. The molecule has 0 aliphatic heterocycles. The van der Waals surface area contributed by atoms with Gasteiger partial charge < -0.3 is 0 Å². The van der Waals surface area contributed by atoms with Gasteiger partial charge in [-0.15, -0.1) is 0 Å². The van der Waals surface area contributed by atoms with Gasteiger partial charge >= 0.3 is 0 Å². The van der Waals surface area contributed by atoms with Gasteiger partial charge in [0.15, 0.2) is 0 Å². The van der Waals surface area contributed by atoms with Crippen LogP contribution in [0.5, 0.6) is 0 Å². The molecule has 0 saturated carbocycles. The zero-order valence-corrected chi connectivity index (χ0v) is 4.08. The summed E-state index contributed by atoms with van der Waals surface area (Å²) in [5.74, 6) is -0.428. The molecule has 3 heteroatoms. The van der Waals surface area contributed by atoms with Gasteiger partial charge in [-0.2, -0.15) is 4.39 Å². The quantitative estimate of drug-likeness (QED) is 0.455.